The molecule has 0 N–H and O–H groups in total. The van der Waals surface area contributed by atoms with Gasteiger partial charge in [-0.25, -0.2) is 0 Å². The fraction of sp³-hybridized carbons (Fsp3) is 0.667. The minimum absolute atomic E-state index is 0.122. The van der Waals surface area contributed by atoms with Gasteiger partial charge in [-0.1, -0.05) is 25.3 Å². The molecule has 1 fully saturated rings. The minimum Gasteiger partial charge on any atom is -0.375 e. The molecule has 0 aromatic carbocycles. The second-order valence-corrected chi connectivity index (χ2v) is 3.35. The molecule has 0 aromatic heterocycles. The van der Waals surface area contributed by atoms with Gasteiger partial charge in [0.05, 0.1) is 13.2 Å². The Bertz CT molecular complexity index is 224. The first-order valence-electron chi connectivity index (χ1n) is 5.21. The quantitative estimate of drug-likeness (QED) is 0.280. The normalized spacial score (nSPS) is 23.8. The van der Waals surface area contributed by atoms with Crippen molar-refractivity contribution in [3.8, 4) is 11.8 Å². The molecule has 0 unspecified atom stereocenters. The van der Waals surface area contributed by atoms with Crippen molar-refractivity contribution in [3.05, 3.63) is 12.7 Å². The maximum atomic E-state index is 5.31. The van der Waals surface area contributed by atoms with Crippen LogP contribution in [0.4, 0.5) is 0 Å². The van der Waals surface area contributed by atoms with Crippen LogP contribution in [0.1, 0.15) is 26.2 Å². The van der Waals surface area contributed by atoms with Crippen LogP contribution in [0.25, 0.3) is 0 Å². The zero-order valence-corrected chi connectivity index (χ0v) is 8.79. The van der Waals surface area contributed by atoms with Crippen molar-refractivity contribution in [1.29, 1.82) is 0 Å². The molecule has 1 aliphatic rings. The summed E-state index contributed by atoms with van der Waals surface area (Å²) in [5.74, 6) is 6.21. The molecule has 1 heterocycles. The molecule has 1 rings (SSSR count). The number of epoxide rings is 1. The Balaban J connectivity index is 2.00. The predicted molar refractivity (Wildman–Crippen MR) is 57.0 cm³/mol. The van der Waals surface area contributed by atoms with Crippen molar-refractivity contribution in [1.82, 2.24) is 0 Å². The first-order chi connectivity index (χ1) is 6.88. The fourth-order valence-corrected chi connectivity index (χ4v) is 1.10. The summed E-state index contributed by atoms with van der Waals surface area (Å²) in [6, 6.07) is 0. The van der Waals surface area contributed by atoms with Gasteiger partial charge in [0.1, 0.15) is 12.2 Å². The van der Waals surface area contributed by atoms with Gasteiger partial charge in [-0.15, -0.1) is 12.5 Å². The summed E-state index contributed by atoms with van der Waals surface area (Å²) in [5.41, 5.74) is 0. The first-order valence-corrected chi connectivity index (χ1v) is 5.21. The smallest absolute Gasteiger partial charge is 0.147 e. The van der Waals surface area contributed by atoms with E-state index < -0.39 is 0 Å². The molecule has 0 aliphatic carbocycles. The van der Waals surface area contributed by atoms with Crippen molar-refractivity contribution in [3.63, 3.8) is 0 Å². The molecular formula is C12H18O2. The molecule has 0 aromatic rings. The maximum absolute atomic E-state index is 5.31. The molecule has 78 valence electrons. The molecule has 0 spiro atoms. The van der Waals surface area contributed by atoms with Gasteiger partial charge in [0.25, 0.3) is 0 Å². The highest BCUT2D eigenvalue weighted by atomic mass is 16.6. The average molecular weight is 194 g/mol. The van der Waals surface area contributed by atoms with Crippen molar-refractivity contribution < 1.29 is 9.47 Å². The summed E-state index contributed by atoms with van der Waals surface area (Å²) in [4.78, 5) is 0. The lowest BCUT2D eigenvalue weighted by molar-refractivity contribution is 0.141. The number of unbranched alkanes of at least 4 members (excludes halogenated alkanes) is 2. The van der Waals surface area contributed by atoms with Gasteiger partial charge in [0, 0.05) is 6.42 Å². The van der Waals surface area contributed by atoms with Crippen LogP contribution < -0.4 is 0 Å². The van der Waals surface area contributed by atoms with Crippen molar-refractivity contribution >= 4 is 0 Å². The third kappa shape index (κ3) is 4.45. The van der Waals surface area contributed by atoms with Gasteiger partial charge in [-0.3, -0.25) is 0 Å². The molecule has 14 heavy (non-hydrogen) atoms. The van der Waals surface area contributed by atoms with Gasteiger partial charge >= 0.3 is 0 Å². The Morgan fingerprint density at radius 2 is 2.43 bits per heavy atom. The van der Waals surface area contributed by atoms with Crippen LogP contribution in [0.2, 0.25) is 0 Å². The van der Waals surface area contributed by atoms with Gasteiger partial charge in [0.15, 0.2) is 0 Å². The van der Waals surface area contributed by atoms with E-state index in [0.29, 0.717) is 13.2 Å². The topological polar surface area (TPSA) is 21.8 Å². The predicted octanol–water partition coefficient (Wildman–Crippen LogP) is 2.15. The van der Waals surface area contributed by atoms with E-state index in [1.165, 1.54) is 12.8 Å². The zero-order valence-electron chi connectivity index (χ0n) is 8.79. The molecule has 2 nitrogen and oxygen atoms in total. The zero-order chi connectivity index (χ0) is 10.2. The molecule has 2 heteroatoms. The lowest BCUT2D eigenvalue weighted by atomic mass is 10.2. The summed E-state index contributed by atoms with van der Waals surface area (Å²) < 4.78 is 10.6. The average Bonchev–Trinajstić information content (AvgIpc) is 2.92. The van der Waals surface area contributed by atoms with Gasteiger partial charge < -0.3 is 9.47 Å². The molecule has 0 radical (unpaired) electrons. The highest BCUT2D eigenvalue weighted by molar-refractivity contribution is 5.14. The van der Waals surface area contributed by atoms with Gasteiger partial charge in [0.2, 0.25) is 0 Å². The number of hydrogen-bond acceptors (Lipinski definition) is 2. The van der Waals surface area contributed by atoms with Gasteiger partial charge in [-0.05, 0) is 6.42 Å². The summed E-state index contributed by atoms with van der Waals surface area (Å²) in [6.45, 7) is 6.97. The van der Waals surface area contributed by atoms with Crippen molar-refractivity contribution in [2.24, 2.45) is 0 Å². The molecule has 1 aliphatic heterocycles. The summed E-state index contributed by atoms with van der Waals surface area (Å²) >= 11 is 0. The molecule has 1 saturated heterocycles. The van der Waals surface area contributed by atoms with Crippen LogP contribution in [-0.2, 0) is 9.47 Å². The summed E-state index contributed by atoms with van der Waals surface area (Å²) in [6.07, 6.45) is 5.42. The van der Waals surface area contributed by atoms with E-state index >= 15 is 0 Å². The van der Waals surface area contributed by atoms with E-state index in [-0.39, 0.29) is 12.2 Å². The molecule has 0 saturated carbocycles. The van der Waals surface area contributed by atoms with Crippen molar-refractivity contribution in [2.45, 2.75) is 38.4 Å². The molecular weight excluding hydrogens is 176 g/mol. The van der Waals surface area contributed by atoms with Crippen LogP contribution in [0.15, 0.2) is 12.7 Å². The van der Waals surface area contributed by atoms with E-state index in [1.807, 2.05) is 0 Å². The fourth-order valence-electron chi connectivity index (χ4n) is 1.10. The van der Waals surface area contributed by atoms with Crippen LogP contribution in [0.5, 0.6) is 0 Å². The Kier molecular flexibility index (Phi) is 5.36. The Labute approximate surface area is 86.3 Å². The Hall–Kier alpha value is -0.780. The molecule has 2 atom stereocenters. The monoisotopic (exact) mass is 194 g/mol. The number of hydrogen-bond donors (Lipinski definition) is 0. The third-order valence-corrected chi connectivity index (χ3v) is 2.00. The van der Waals surface area contributed by atoms with E-state index in [1.54, 1.807) is 6.08 Å². The van der Waals surface area contributed by atoms with E-state index in [0.717, 1.165) is 6.42 Å². The molecule has 0 amide bonds. The number of ether oxygens (including phenoxy) is 2. The van der Waals surface area contributed by atoms with E-state index in [9.17, 15) is 0 Å². The highest BCUT2D eigenvalue weighted by Gasteiger charge is 2.37. The first kappa shape index (κ1) is 11.3. The lowest BCUT2D eigenvalue weighted by Gasteiger charge is -1.93. The third-order valence-electron chi connectivity index (χ3n) is 2.00. The summed E-state index contributed by atoms with van der Waals surface area (Å²) in [5, 5.41) is 0. The van der Waals surface area contributed by atoms with Crippen LogP contribution in [-0.4, -0.2) is 25.4 Å². The minimum atomic E-state index is 0.122. The SMILES string of the molecule is C=CCOC[C@H]1O[C@H]1C#CCCCC. The standard InChI is InChI=1S/C12H18O2/c1-3-5-6-7-8-11-12(14-11)10-13-9-4-2/h4,11-12H,2-3,5-6,9-10H2,1H3/t11-,12+/m0/s1. The number of rotatable bonds is 6. The highest BCUT2D eigenvalue weighted by Crippen LogP contribution is 2.21. The maximum Gasteiger partial charge on any atom is 0.147 e. The lowest BCUT2D eigenvalue weighted by Crippen LogP contribution is -2.03. The van der Waals surface area contributed by atoms with E-state index in [2.05, 4.69) is 25.3 Å². The van der Waals surface area contributed by atoms with Crippen LogP contribution >= 0.6 is 0 Å². The van der Waals surface area contributed by atoms with Crippen LogP contribution in [0, 0.1) is 11.8 Å². The molecule has 0 bridgehead atoms. The second kappa shape index (κ2) is 6.64. The van der Waals surface area contributed by atoms with Crippen LogP contribution in [0.3, 0.4) is 0 Å². The largest absolute Gasteiger partial charge is 0.375 e. The second-order valence-electron chi connectivity index (χ2n) is 3.35. The van der Waals surface area contributed by atoms with Gasteiger partial charge in [-0.2, -0.15) is 0 Å². The van der Waals surface area contributed by atoms with Crippen molar-refractivity contribution in [2.75, 3.05) is 13.2 Å². The summed E-state index contributed by atoms with van der Waals surface area (Å²) in [7, 11) is 0. The Morgan fingerprint density at radius 3 is 3.14 bits per heavy atom. The Morgan fingerprint density at radius 1 is 1.57 bits per heavy atom. The van der Waals surface area contributed by atoms with E-state index in [4.69, 9.17) is 9.47 Å².